The standard InChI is InChI=1S/C10H20ClNO/c1-3-5-6-7-9(11)10(13)12-8-4-2/h9H,3-8H2,1-2H3,(H,12,13). The summed E-state index contributed by atoms with van der Waals surface area (Å²) in [6.07, 6.45) is 5.13. The van der Waals surface area contributed by atoms with E-state index in [0.29, 0.717) is 0 Å². The van der Waals surface area contributed by atoms with E-state index < -0.39 is 0 Å². The van der Waals surface area contributed by atoms with Crippen LogP contribution >= 0.6 is 11.6 Å². The lowest BCUT2D eigenvalue weighted by molar-refractivity contribution is -0.120. The number of hydrogen-bond donors (Lipinski definition) is 1. The fourth-order valence-electron chi connectivity index (χ4n) is 1.06. The van der Waals surface area contributed by atoms with Gasteiger partial charge in [-0.25, -0.2) is 0 Å². The second-order valence-electron chi connectivity index (χ2n) is 3.25. The molecule has 0 rings (SSSR count). The number of alkyl halides is 1. The molecular weight excluding hydrogens is 186 g/mol. The molecule has 0 aliphatic carbocycles. The Morgan fingerprint density at radius 2 is 2.00 bits per heavy atom. The van der Waals surface area contributed by atoms with Crippen LogP contribution in [0.2, 0.25) is 0 Å². The first-order valence-corrected chi connectivity index (χ1v) is 5.57. The number of amides is 1. The van der Waals surface area contributed by atoms with Crippen molar-refractivity contribution in [2.24, 2.45) is 0 Å². The van der Waals surface area contributed by atoms with Gasteiger partial charge in [0.1, 0.15) is 5.38 Å². The quantitative estimate of drug-likeness (QED) is 0.503. The van der Waals surface area contributed by atoms with Crippen molar-refractivity contribution in [3.8, 4) is 0 Å². The number of unbranched alkanes of at least 4 members (excludes halogenated alkanes) is 2. The first kappa shape index (κ1) is 12.8. The van der Waals surface area contributed by atoms with E-state index in [1.165, 1.54) is 6.42 Å². The summed E-state index contributed by atoms with van der Waals surface area (Å²) in [6, 6.07) is 0. The van der Waals surface area contributed by atoms with Crippen molar-refractivity contribution < 1.29 is 4.79 Å². The van der Waals surface area contributed by atoms with E-state index >= 15 is 0 Å². The normalized spacial score (nSPS) is 12.5. The van der Waals surface area contributed by atoms with Crippen LogP contribution in [0.3, 0.4) is 0 Å². The van der Waals surface area contributed by atoms with Crippen molar-refractivity contribution in [3.63, 3.8) is 0 Å². The molecule has 0 heterocycles. The smallest absolute Gasteiger partial charge is 0.238 e. The van der Waals surface area contributed by atoms with Crippen LogP contribution in [0.1, 0.15) is 46.0 Å². The van der Waals surface area contributed by atoms with E-state index in [1.54, 1.807) is 0 Å². The number of nitrogens with one attached hydrogen (secondary N) is 1. The summed E-state index contributed by atoms with van der Waals surface area (Å²) in [7, 11) is 0. The lowest BCUT2D eigenvalue weighted by Gasteiger charge is -2.08. The summed E-state index contributed by atoms with van der Waals surface area (Å²) in [4.78, 5) is 11.3. The van der Waals surface area contributed by atoms with E-state index in [1.807, 2.05) is 6.92 Å². The first-order chi connectivity index (χ1) is 6.22. The molecule has 0 radical (unpaired) electrons. The molecule has 0 fully saturated rings. The summed E-state index contributed by atoms with van der Waals surface area (Å²) in [5, 5.41) is 2.45. The molecule has 0 aliphatic heterocycles. The van der Waals surface area contributed by atoms with Gasteiger partial charge in [-0.3, -0.25) is 4.79 Å². The van der Waals surface area contributed by atoms with Gasteiger partial charge < -0.3 is 5.32 Å². The summed E-state index contributed by atoms with van der Waals surface area (Å²) < 4.78 is 0. The van der Waals surface area contributed by atoms with Crippen LogP contribution in [-0.4, -0.2) is 17.8 Å². The van der Waals surface area contributed by atoms with Gasteiger partial charge >= 0.3 is 0 Å². The van der Waals surface area contributed by atoms with Gasteiger partial charge in [-0.1, -0.05) is 33.1 Å². The number of halogens is 1. The van der Waals surface area contributed by atoms with E-state index in [2.05, 4.69) is 12.2 Å². The van der Waals surface area contributed by atoms with Crippen molar-refractivity contribution in [3.05, 3.63) is 0 Å². The molecule has 0 saturated carbocycles. The number of carbonyl (C=O) groups is 1. The van der Waals surface area contributed by atoms with Crippen LogP contribution < -0.4 is 5.32 Å². The Morgan fingerprint density at radius 3 is 2.54 bits per heavy atom. The zero-order chi connectivity index (χ0) is 10.1. The number of rotatable bonds is 7. The molecule has 1 unspecified atom stereocenters. The van der Waals surface area contributed by atoms with Crippen LogP contribution in [0.5, 0.6) is 0 Å². The highest BCUT2D eigenvalue weighted by Crippen LogP contribution is 2.08. The van der Waals surface area contributed by atoms with Crippen molar-refractivity contribution >= 4 is 17.5 Å². The summed E-state index contributed by atoms with van der Waals surface area (Å²) in [5.74, 6) is -0.0142. The van der Waals surface area contributed by atoms with E-state index in [9.17, 15) is 4.79 Å². The fraction of sp³-hybridized carbons (Fsp3) is 0.900. The minimum Gasteiger partial charge on any atom is -0.355 e. The lowest BCUT2D eigenvalue weighted by Crippen LogP contribution is -2.31. The molecule has 0 aromatic heterocycles. The predicted octanol–water partition coefficient (Wildman–Crippen LogP) is 2.70. The third-order valence-electron chi connectivity index (χ3n) is 1.89. The molecule has 1 atom stereocenters. The van der Waals surface area contributed by atoms with Crippen LogP contribution in [-0.2, 0) is 4.79 Å². The lowest BCUT2D eigenvalue weighted by atomic mass is 10.1. The van der Waals surface area contributed by atoms with Crippen LogP contribution in [0.25, 0.3) is 0 Å². The molecule has 13 heavy (non-hydrogen) atoms. The van der Waals surface area contributed by atoms with E-state index in [-0.39, 0.29) is 11.3 Å². The highest BCUT2D eigenvalue weighted by molar-refractivity contribution is 6.30. The Kier molecular flexibility index (Phi) is 8.21. The molecule has 0 spiro atoms. The van der Waals surface area contributed by atoms with Gasteiger partial charge in [-0.05, 0) is 12.8 Å². The Bertz CT molecular complexity index is 139. The van der Waals surface area contributed by atoms with Crippen molar-refractivity contribution in [1.82, 2.24) is 5.32 Å². The Labute approximate surface area is 86.0 Å². The topological polar surface area (TPSA) is 29.1 Å². The highest BCUT2D eigenvalue weighted by atomic mass is 35.5. The van der Waals surface area contributed by atoms with Crippen LogP contribution in [0.15, 0.2) is 0 Å². The van der Waals surface area contributed by atoms with Gasteiger partial charge in [0.05, 0.1) is 0 Å². The molecular formula is C10H20ClNO. The predicted molar refractivity (Wildman–Crippen MR) is 57.1 cm³/mol. The van der Waals surface area contributed by atoms with Gasteiger partial charge in [0.2, 0.25) is 5.91 Å². The molecule has 0 saturated heterocycles. The van der Waals surface area contributed by atoms with Crippen molar-refractivity contribution in [2.75, 3.05) is 6.54 Å². The average Bonchev–Trinajstić information content (AvgIpc) is 2.14. The van der Waals surface area contributed by atoms with E-state index in [4.69, 9.17) is 11.6 Å². The monoisotopic (exact) mass is 205 g/mol. The maximum Gasteiger partial charge on any atom is 0.238 e. The summed E-state index contributed by atoms with van der Waals surface area (Å²) in [5.41, 5.74) is 0. The summed E-state index contributed by atoms with van der Waals surface area (Å²) in [6.45, 7) is 4.90. The maximum atomic E-state index is 11.3. The fourth-order valence-corrected chi connectivity index (χ4v) is 1.30. The van der Waals surface area contributed by atoms with Gasteiger partial charge in [-0.2, -0.15) is 0 Å². The SMILES string of the molecule is CCCCCC(Cl)C(=O)NCCC. The Hall–Kier alpha value is -0.240. The zero-order valence-electron chi connectivity index (χ0n) is 8.61. The molecule has 0 aromatic rings. The molecule has 3 heteroatoms. The molecule has 0 bridgehead atoms. The van der Waals surface area contributed by atoms with Gasteiger partial charge in [0.15, 0.2) is 0 Å². The third-order valence-corrected chi connectivity index (χ3v) is 2.31. The Morgan fingerprint density at radius 1 is 1.31 bits per heavy atom. The minimum atomic E-state index is -0.335. The van der Waals surface area contributed by atoms with Crippen molar-refractivity contribution in [2.45, 2.75) is 51.3 Å². The second kappa shape index (κ2) is 8.36. The highest BCUT2D eigenvalue weighted by Gasteiger charge is 2.13. The number of carbonyl (C=O) groups excluding carboxylic acids is 1. The minimum absolute atomic E-state index is 0.0142. The van der Waals surface area contributed by atoms with Crippen LogP contribution in [0.4, 0.5) is 0 Å². The molecule has 2 nitrogen and oxygen atoms in total. The molecule has 0 aliphatic rings. The van der Waals surface area contributed by atoms with Gasteiger partial charge in [0, 0.05) is 6.54 Å². The van der Waals surface area contributed by atoms with Gasteiger partial charge in [0.25, 0.3) is 0 Å². The summed E-state index contributed by atoms with van der Waals surface area (Å²) >= 11 is 5.89. The first-order valence-electron chi connectivity index (χ1n) is 5.14. The Balaban J connectivity index is 3.45. The van der Waals surface area contributed by atoms with Crippen LogP contribution in [0, 0.1) is 0 Å². The van der Waals surface area contributed by atoms with E-state index in [0.717, 1.165) is 32.2 Å². The molecule has 1 amide bonds. The molecule has 78 valence electrons. The largest absolute Gasteiger partial charge is 0.355 e. The van der Waals surface area contributed by atoms with Crippen molar-refractivity contribution in [1.29, 1.82) is 0 Å². The van der Waals surface area contributed by atoms with Gasteiger partial charge in [-0.15, -0.1) is 11.6 Å². The molecule has 0 aromatic carbocycles. The molecule has 1 N–H and O–H groups in total. The number of hydrogen-bond acceptors (Lipinski definition) is 1. The average molecular weight is 206 g/mol. The zero-order valence-corrected chi connectivity index (χ0v) is 9.36. The second-order valence-corrected chi connectivity index (χ2v) is 3.78. The maximum absolute atomic E-state index is 11.3. The third kappa shape index (κ3) is 6.88.